The highest BCUT2D eigenvalue weighted by atomic mass is 16.8. The normalized spacial score (nSPS) is 9.81. The molecule has 0 spiro atoms. The molecule has 0 amide bonds. The SMILES string of the molecule is O=[N+]([O-])c1cn(N([O-])[N+](=O)[O-])c([N+](=O)[O-])n1. The Kier molecular flexibility index (Phi) is 2.62. The first kappa shape index (κ1) is 11.2. The molecule has 13 nitrogen and oxygen atoms in total. The maximum atomic E-state index is 10.7. The van der Waals surface area contributed by atoms with E-state index in [9.17, 15) is 35.6 Å². The van der Waals surface area contributed by atoms with E-state index in [1.54, 1.807) is 0 Å². The minimum Gasteiger partial charge on any atom is -0.690 e. The van der Waals surface area contributed by atoms with Crippen molar-refractivity contribution in [3.63, 3.8) is 0 Å². The van der Waals surface area contributed by atoms with Gasteiger partial charge in [-0.2, -0.15) is 0 Å². The van der Waals surface area contributed by atoms with Gasteiger partial charge in [0.2, 0.25) is 0 Å². The fraction of sp³-hybridized carbons (Fsp3) is 0. The highest BCUT2D eigenvalue weighted by Crippen LogP contribution is 2.17. The van der Waals surface area contributed by atoms with Gasteiger partial charge in [-0.25, -0.2) is 0 Å². The zero-order valence-corrected chi connectivity index (χ0v) is 7.12. The van der Waals surface area contributed by atoms with Crippen molar-refractivity contribution >= 4 is 11.8 Å². The Bertz CT molecular complexity index is 465. The standard InChI is InChI=1S/C3HN6O7/c10-6(11)2-1-5(8(14)9(15)16)3(4-2)7(12)13/h1H/q-1. The van der Waals surface area contributed by atoms with Crippen molar-refractivity contribution in [1.29, 1.82) is 0 Å². The Morgan fingerprint density at radius 2 is 1.75 bits per heavy atom. The lowest BCUT2D eigenvalue weighted by Crippen LogP contribution is -2.34. The van der Waals surface area contributed by atoms with Gasteiger partial charge < -0.3 is 35.6 Å². The third-order valence-corrected chi connectivity index (χ3v) is 1.33. The van der Waals surface area contributed by atoms with Crippen LogP contribution < -0.4 is 5.28 Å². The van der Waals surface area contributed by atoms with Crippen LogP contribution in [0.1, 0.15) is 0 Å². The van der Waals surface area contributed by atoms with E-state index in [1.807, 2.05) is 0 Å². The molecule has 0 aromatic carbocycles. The summed E-state index contributed by atoms with van der Waals surface area (Å²) in [5.74, 6) is -2.37. The van der Waals surface area contributed by atoms with Gasteiger partial charge in [-0.15, -0.1) is 5.28 Å². The largest absolute Gasteiger partial charge is 0.690 e. The van der Waals surface area contributed by atoms with E-state index >= 15 is 0 Å². The summed E-state index contributed by atoms with van der Waals surface area (Å²) in [5, 5.41) is 38.7. The Hall–Kier alpha value is -2.83. The first-order valence-corrected chi connectivity index (χ1v) is 3.34. The molecular weight excluding hydrogens is 232 g/mol. The highest BCUT2D eigenvalue weighted by Gasteiger charge is 2.26. The molecule has 1 aromatic heterocycles. The molecule has 0 aliphatic rings. The van der Waals surface area contributed by atoms with Gasteiger partial charge in [0.05, 0.1) is 0 Å². The summed E-state index contributed by atoms with van der Waals surface area (Å²) in [5.41, 5.74) is 0. The van der Waals surface area contributed by atoms with Crippen LogP contribution in [0, 0.1) is 35.6 Å². The van der Waals surface area contributed by atoms with Crippen LogP contribution in [-0.2, 0) is 0 Å². The summed E-state index contributed by atoms with van der Waals surface area (Å²) in [6.07, 6.45) is 0.272. The Morgan fingerprint density at radius 1 is 1.19 bits per heavy atom. The second kappa shape index (κ2) is 3.73. The van der Waals surface area contributed by atoms with Crippen molar-refractivity contribution in [2.24, 2.45) is 0 Å². The van der Waals surface area contributed by atoms with Gasteiger partial charge in [-0.05, 0) is 14.8 Å². The van der Waals surface area contributed by atoms with E-state index in [2.05, 4.69) is 4.98 Å². The predicted molar refractivity (Wildman–Crippen MR) is 44.1 cm³/mol. The second-order valence-corrected chi connectivity index (χ2v) is 2.25. The molecule has 86 valence electrons. The molecule has 0 saturated carbocycles. The predicted octanol–water partition coefficient (Wildman–Crippen LogP) is -0.673. The molecule has 0 bridgehead atoms. The topological polar surface area (TPSA) is 174 Å². The molecule has 0 atom stereocenters. The van der Waals surface area contributed by atoms with Crippen molar-refractivity contribution in [2.45, 2.75) is 0 Å². The molecule has 0 aliphatic heterocycles. The molecule has 16 heavy (non-hydrogen) atoms. The van der Waals surface area contributed by atoms with Gasteiger partial charge >= 0.3 is 11.8 Å². The molecule has 0 N–H and O–H groups in total. The van der Waals surface area contributed by atoms with Crippen molar-refractivity contribution in [3.8, 4) is 0 Å². The van der Waals surface area contributed by atoms with Crippen LogP contribution in [0.2, 0.25) is 0 Å². The minimum absolute atomic E-state index is 0.196. The van der Waals surface area contributed by atoms with Gasteiger partial charge in [-0.3, -0.25) is 0 Å². The van der Waals surface area contributed by atoms with Gasteiger partial charge in [0.15, 0.2) is 6.20 Å². The van der Waals surface area contributed by atoms with E-state index in [4.69, 9.17) is 0 Å². The molecule has 0 unspecified atom stereocenters. The van der Waals surface area contributed by atoms with E-state index in [0.29, 0.717) is 0 Å². The van der Waals surface area contributed by atoms with E-state index in [1.165, 1.54) is 0 Å². The van der Waals surface area contributed by atoms with Crippen LogP contribution >= 0.6 is 0 Å². The third-order valence-electron chi connectivity index (χ3n) is 1.33. The van der Waals surface area contributed by atoms with Gasteiger partial charge in [0.25, 0.3) is 0 Å². The highest BCUT2D eigenvalue weighted by molar-refractivity contribution is 5.25. The van der Waals surface area contributed by atoms with Crippen molar-refractivity contribution < 1.29 is 14.9 Å². The van der Waals surface area contributed by atoms with E-state index in [0.717, 1.165) is 0 Å². The maximum Gasteiger partial charge on any atom is 0.463 e. The quantitative estimate of drug-likeness (QED) is 0.481. The number of imidazole rings is 1. The summed E-state index contributed by atoms with van der Waals surface area (Å²) in [4.78, 5) is 31.0. The molecule has 0 aliphatic carbocycles. The number of aromatic nitrogens is 2. The second-order valence-electron chi connectivity index (χ2n) is 2.25. The van der Waals surface area contributed by atoms with Crippen molar-refractivity contribution in [2.75, 3.05) is 5.28 Å². The number of rotatable bonds is 4. The first-order valence-electron chi connectivity index (χ1n) is 3.34. The fourth-order valence-electron chi connectivity index (χ4n) is 0.767. The monoisotopic (exact) mass is 233 g/mol. The van der Waals surface area contributed by atoms with Gasteiger partial charge in [-0.1, -0.05) is 4.68 Å². The molecule has 1 aromatic rings. The maximum absolute atomic E-state index is 10.7. The molecule has 13 heteroatoms. The van der Waals surface area contributed by atoms with Crippen molar-refractivity contribution in [1.82, 2.24) is 9.66 Å². The lowest BCUT2D eigenvalue weighted by atomic mass is 10.8. The van der Waals surface area contributed by atoms with E-state index in [-0.39, 0.29) is 10.9 Å². The number of nitro groups is 3. The van der Waals surface area contributed by atoms with Crippen LogP contribution in [0.5, 0.6) is 0 Å². The lowest BCUT2D eigenvalue weighted by molar-refractivity contribution is -0.510. The van der Waals surface area contributed by atoms with Crippen LogP contribution in [0.15, 0.2) is 6.20 Å². The zero-order chi connectivity index (χ0) is 12.5. The average Bonchev–Trinajstić information content (AvgIpc) is 2.60. The lowest BCUT2D eigenvalue weighted by Gasteiger charge is -2.19. The fourth-order valence-corrected chi connectivity index (χ4v) is 0.767. The molecule has 0 fully saturated rings. The molecule has 1 heterocycles. The Labute approximate surface area is 84.5 Å². The van der Waals surface area contributed by atoms with E-state index < -0.39 is 31.9 Å². The van der Waals surface area contributed by atoms with Crippen LogP contribution in [0.25, 0.3) is 0 Å². The minimum atomic E-state index is -1.54. The molecular formula is C3HN6O7-. The molecule has 0 radical (unpaired) electrons. The van der Waals surface area contributed by atoms with Crippen molar-refractivity contribution in [3.05, 3.63) is 41.7 Å². The summed E-state index contributed by atoms with van der Waals surface area (Å²) < 4.78 is -0.196. The van der Waals surface area contributed by atoms with Crippen LogP contribution in [0.3, 0.4) is 0 Å². The Morgan fingerprint density at radius 3 is 2.12 bits per heavy atom. The smallest absolute Gasteiger partial charge is 0.463 e. The molecule has 0 saturated heterocycles. The van der Waals surface area contributed by atoms with Gasteiger partial charge in [0, 0.05) is 5.03 Å². The Balaban J connectivity index is 3.30. The summed E-state index contributed by atoms with van der Waals surface area (Å²) >= 11 is 0. The number of hydrogen-bond acceptors (Lipinski definition) is 8. The summed E-state index contributed by atoms with van der Waals surface area (Å²) in [7, 11) is 0. The average molecular weight is 233 g/mol. The van der Waals surface area contributed by atoms with Gasteiger partial charge in [0.1, 0.15) is 0 Å². The van der Waals surface area contributed by atoms with Crippen LogP contribution in [-0.4, -0.2) is 24.5 Å². The summed E-state index contributed by atoms with van der Waals surface area (Å²) in [6, 6.07) is 0. The number of hydrogen-bond donors (Lipinski definition) is 0. The zero-order valence-electron chi connectivity index (χ0n) is 7.12. The number of nitrogens with zero attached hydrogens (tertiary/aromatic N) is 6. The first-order chi connectivity index (χ1) is 7.34. The number of hydrazine groups is 1. The molecule has 1 rings (SSSR count). The summed E-state index contributed by atoms with van der Waals surface area (Å²) in [6.45, 7) is 0. The third kappa shape index (κ3) is 1.82. The van der Waals surface area contributed by atoms with Crippen LogP contribution in [0.4, 0.5) is 11.8 Å².